The zero-order valence-electron chi connectivity index (χ0n) is 4.58. The quantitative estimate of drug-likeness (QED) is 0.450. The van der Waals surface area contributed by atoms with Crippen molar-refractivity contribution >= 4 is 0 Å². The van der Waals surface area contributed by atoms with E-state index in [4.69, 9.17) is 14.9 Å². The molecule has 1 rings (SSSR count). The van der Waals surface area contributed by atoms with Gasteiger partial charge in [-0.05, 0) is 6.42 Å². The van der Waals surface area contributed by atoms with Crippen molar-refractivity contribution < 1.29 is 14.9 Å². The smallest absolute Gasteiger partial charge is 0.156 e. The molecular formula is C5H10O3. The highest BCUT2D eigenvalue weighted by Crippen LogP contribution is 2.10. The molecule has 0 amide bonds. The predicted molar refractivity (Wildman–Crippen MR) is 27.2 cm³/mol. The summed E-state index contributed by atoms with van der Waals surface area (Å²) in [6.45, 7) is 0.475. The lowest BCUT2D eigenvalue weighted by Crippen LogP contribution is -2.28. The van der Waals surface area contributed by atoms with Crippen molar-refractivity contribution in [3.05, 3.63) is 0 Å². The lowest BCUT2D eigenvalue weighted by atomic mass is 10.1. The molecule has 0 aromatic rings. The molecule has 0 unspecified atom stereocenters. The molecule has 1 aliphatic rings. The Balaban J connectivity index is 2.23. The van der Waals surface area contributed by atoms with E-state index in [1.54, 1.807) is 0 Å². The highest BCUT2D eigenvalue weighted by molar-refractivity contribution is 4.61. The fourth-order valence-corrected chi connectivity index (χ4v) is 0.759. The van der Waals surface area contributed by atoms with Gasteiger partial charge in [-0.1, -0.05) is 0 Å². The van der Waals surface area contributed by atoms with E-state index in [2.05, 4.69) is 0 Å². The average molecular weight is 118 g/mol. The second-order valence-corrected chi connectivity index (χ2v) is 2.00. The van der Waals surface area contributed by atoms with Crippen molar-refractivity contribution in [1.29, 1.82) is 0 Å². The van der Waals surface area contributed by atoms with Gasteiger partial charge in [0.15, 0.2) is 6.29 Å². The topological polar surface area (TPSA) is 49.7 Å². The number of ether oxygens (including phenoxy) is 1. The Morgan fingerprint density at radius 1 is 1.38 bits per heavy atom. The van der Waals surface area contributed by atoms with Crippen LogP contribution in [0.15, 0.2) is 0 Å². The Hall–Kier alpha value is -0.120. The van der Waals surface area contributed by atoms with E-state index in [9.17, 15) is 0 Å². The summed E-state index contributed by atoms with van der Waals surface area (Å²) in [7, 11) is 0. The standard InChI is InChI=1S/C5H10O3/c6-4-1-2-8-5(7)3-4/h4-7H,1-3H2/t4-,5+/m1/s1. The molecule has 0 radical (unpaired) electrons. The molecule has 3 nitrogen and oxygen atoms in total. The van der Waals surface area contributed by atoms with Gasteiger partial charge in [-0.25, -0.2) is 0 Å². The third-order valence-corrected chi connectivity index (χ3v) is 1.24. The highest BCUT2D eigenvalue weighted by atomic mass is 16.6. The van der Waals surface area contributed by atoms with Crippen LogP contribution in [0.25, 0.3) is 0 Å². The third kappa shape index (κ3) is 1.43. The molecule has 0 spiro atoms. The summed E-state index contributed by atoms with van der Waals surface area (Å²) in [5, 5.41) is 17.5. The summed E-state index contributed by atoms with van der Waals surface area (Å²) < 4.78 is 4.74. The van der Waals surface area contributed by atoms with Crippen LogP contribution in [0, 0.1) is 0 Å². The summed E-state index contributed by atoms with van der Waals surface area (Å²) in [5.74, 6) is 0. The zero-order chi connectivity index (χ0) is 5.98. The van der Waals surface area contributed by atoms with Crippen LogP contribution in [-0.2, 0) is 4.74 Å². The average Bonchev–Trinajstić information content (AvgIpc) is 1.64. The lowest BCUT2D eigenvalue weighted by molar-refractivity contribution is -0.152. The van der Waals surface area contributed by atoms with Gasteiger partial charge >= 0.3 is 0 Å². The van der Waals surface area contributed by atoms with Gasteiger partial charge in [0.25, 0.3) is 0 Å². The van der Waals surface area contributed by atoms with Crippen molar-refractivity contribution in [1.82, 2.24) is 0 Å². The van der Waals surface area contributed by atoms with Gasteiger partial charge in [-0.3, -0.25) is 0 Å². The molecule has 48 valence electrons. The molecule has 1 fully saturated rings. The molecular weight excluding hydrogens is 108 g/mol. The first kappa shape index (κ1) is 6.01. The maximum absolute atomic E-state index is 8.84. The van der Waals surface area contributed by atoms with Crippen LogP contribution in [0.4, 0.5) is 0 Å². The van der Waals surface area contributed by atoms with Gasteiger partial charge in [0.05, 0.1) is 12.7 Å². The molecule has 0 aromatic heterocycles. The van der Waals surface area contributed by atoms with Crippen LogP contribution in [0.1, 0.15) is 12.8 Å². The molecule has 3 heteroatoms. The Labute approximate surface area is 47.9 Å². The first-order valence-corrected chi connectivity index (χ1v) is 2.77. The van der Waals surface area contributed by atoms with E-state index in [0.29, 0.717) is 19.4 Å². The highest BCUT2D eigenvalue weighted by Gasteiger charge is 2.17. The van der Waals surface area contributed by atoms with Crippen LogP contribution in [-0.4, -0.2) is 29.2 Å². The Bertz CT molecular complexity index is 66.1. The third-order valence-electron chi connectivity index (χ3n) is 1.24. The maximum atomic E-state index is 8.84. The van der Waals surface area contributed by atoms with E-state index in [0.717, 1.165) is 0 Å². The second-order valence-electron chi connectivity index (χ2n) is 2.00. The predicted octanol–water partition coefficient (Wildman–Crippen LogP) is -0.524. The molecule has 1 saturated heterocycles. The van der Waals surface area contributed by atoms with Crippen molar-refractivity contribution in [2.75, 3.05) is 6.61 Å². The Morgan fingerprint density at radius 3 is 2.50 bits per heavy atom. The van der Waals surface area contributed by atoms with Crippen molar-refractivity contribution in [3.8, 4) is 0 Å². The molecule has 8 heavy (non-hydrogen) atoms. The Morgan fingerprint density at radius 2 is 2.12 bits per heavy atom. The molecule has 1 aliphatic heterocycles. The van der Waals surface area contributed by atoms with Crippen LogP contribution in [0.2, 0.25) is 0 Å². The molecule has 0 bridgehead atoms. The van der Waals surface area contributed by atoms with E-state index >= 15 is 0 Å². The van der Waals surface area contributed by atoms with E-state index in [1.165, 1.54) is 0 Å². The van der Waals surface area contributed by atoms with Crippen LogP contribution < -0.4 is 0 Å². The van der Waals surface area contributed by atoms with E-state index < -0.39 is 6.29 Å². The molecule has 2 atom stereocenters. The minimum atomic E-state index is -0.737. The van der Waals surface area contributed by atoms with Gasteiger partial charge in [-0.15, -0.1) is 0 Å². The minimum Gasteiger partial charge on any atom is -0.393 e. The monoisotopic (exact) mass is 118 g/mol. The molecule has 1 heterocycles. The normalized spacial score (nSPS) is 39.8. The van der Waals surface area contributed by atoms with Gasteiger partial charge in [-0.2, -0.15) is 0 Å². The van der Waals surface area contributed by atoms with E-state index in [1.807, 2.05) is 0 Å². The largest absolute Gasteiger partial charge is 0.393 e. The SMILES string of the molecule is O[C@@H]1CCO[C@H](O)C1. The fraction of sp³-hybridized carbons (Fsp3) is 1.00. The number of hydrogen-bond donors (Lipinski definition) is 2. The fourth-order valence-electron chi connectivity index (χ4n) is 0.759. The summed E-state index contributed by atoms with van der Waals surface area (Å²) >= 11 is 0. The summed E-state index contributed by atoms with van der Waals surface area (Å²) in [4.78, 5) is 0. The zero-order valence-corrected chi connectivity index (χ0v) is 4.58. The number of hydrogen-bond acceptors (Lipinski definition) is 3. The molecule has 0 aromatic carbocycles. The minimum absolute atomic E-state index is 0.361. The van der Waals surface area contributed by atoms with Gasteiger partial charge in [0.2, 0.25) is 0 Å². The summed E-state index contributed by atoms with van der Waals surface area (Å²) in [6, 6.07) is 0. The van der Waals surface area contributed by atoms with Crippen LogP contribution in [0.3, 0.4) is 0 Å². The Kier molecular flexibility index (Phi) is 1.83. The number of aliphatic hydroxyl groups is 2. The van der Waals surface area contributed by atoms with Crippen LogP contribution in [0.5, 0.6) is 0 Å². The number of aliphatic hydroxyl groups excluding tert-OH is 2. The first-order chi connectivity index (χ1) is 3.79. The van der Waals surface area contributed by atoms with Gasteiger partial charge in [0.1, 0.15) is 0 Å². The molecule has 0 aliphatic carbocycles. The van der Waals surface area contributed by atoms with Crippen molar-refractivity contribution in [3.63, 3.8) is 0 Å². The second kappa shape index (κ2) is 2.44. The molecule has 2 N–H and O–H groups in total. The summed E-state index contributed by atoms with van der Waals surface area (Å²) in [5.41, 5.74) is 0. The van der Waals surface area contributed by atoms with Gasteiger partial charge < -0.3 is 14.9 Å². The first-order valence-electron chi connectivity index (χ1n) is 2.77. The van der Waals surface area contributed by atoms with E-state index in [-0.39, 0.29) is 6.10 Å². The lowest BCUT2D eigenvalue weighted by Gasteiger charge is -2.21. The maximum Gasteiger partial charge on any atom is 0.156 e. The number of rotatable bonds is 0. The molecule has 0 saturated carbocycles. The summed E-state index contributed by atoms with van der Waals surface area (Å²) in [6.07, 6.45) is -0.0886. The van der Waals surface area contributed by atoms with Gasteiger partial charge in [0, 0.05) is 6.42 Å². The van der Waals surface area contributed by atoms with Crippen molar-refractivity contribution in [2.45, 2.75) is 25.2 Å². The van der Waals surface area contributed by atoms with Crippen molar-refractivity contribution in [2.24, 2.45) is 0 Å². The van der Waals surface area contributed by atoms with Crippen LogP contribution >= 0.6 is 0 Å².